The minimum absolute atomic E-state index is 0.124. The third-order valence-corrected chi connectivity index (χ3v) is 5.93. The molecule has 0 aliphatic heterocycles. The van der Waals surface area contributed by atoms with Gasteiger partial charge >= 0.3 is 0 Å². The van der Waals surface area contributed by atoms with Gasteiger partial charge in [0, 0.05) is 17.9 Å². The van der Waals surface area contributed by atoms with Gasteiger partial charge in [-0.3, -0.25) is 10.1 Å². The Kier molecular flexibility index (Phi) is 5.03. The Hall–Kier alpha value is -2.72. The minimum atomic E-state index is -3.55. The highest BCUT2D eigenvalue weighted by atomic mass is 32.2. The summed E-state index contributed by atoms with van der Waals surface area (Å²) in [6, 6.07) is 9.41. The van der Waals surface area contributed by atoms with Gasteiger partial charge in [0.1, 0.15) is 0 Å². The number of benzene rings is 2. The number of nitro groups is 1. The van der Waals surface area contributed by atoms with Gasteiger partial charge in [-0.2, -0.15) is 0 Å². The van der Waals surface area contributed by atoms with Crippen molar-refractivity contribution in [2.75, 3.05) is 6.26 Å². The standard InChI is InChI=1S/C17H15N3O5S2/c1-10-4-5-12(8-11(10)2)16-18-19-17(25-16)26-15-7-6-13(27(3,23)24)9-14(15)20(21)22/h4-9H,1-3H3. The molecule has 0 fully saturated rings. The maximum atomic E-state index is 11.6. The van der Waals surface area contributed by atoms with Gasteiger partial charge in [0.05, 0.1) is 14.7 Å². The van der Waals surface area contributed by atoms with Gasteiger partial charge in [0.25, 0.3) is 10.9 Å². The van der Waals surface area contributed by atoms with Crippen molar-refractivity contribution in [2.24, 2.45) is 0 Å². The Morgan fingerprint density at radius 3 is 2.44 bits per heavy atom. The zero-order valence-corrected chi connectivity index (χ0v) is 16.3. The molecule has 0 radical (unpaired) electrons. The Bertz CT molecular complexity index is 1140. The van der Waals surface area contributed by atoms with Crippen LogP contribution in [0.15, 0.2) is 55.8 Å². The number of hydrogen-bond donors (Lipinski definition) is 0. The highest BCUT2D eigenvalue weighted by molar-refractivity contribution is 7.99. The molecule has 0 aliphatic rings. The van der Waals surface area contributed by atoms with Crippen molar-refractivity contribution in [1.29, 1.82) is 0 Å². The summed E-state index contributed by atoms with van der Waals surface area (Å²) >= 11 is 0.908. The fourth-order valence-corrected chi connectivity index (χ4v) is 3.70. The van der Waals surface area contributed by atoms with Crippen molar-refractivity contribution < 1.29 is 17.8 Å². The van der Waals surface area contributed by atoms with Crippen LogP contribution >= 0.6 is 11.8 Å². The molecule has 2 aromatic carbocycles. The molecule has 140 valence electrons. The summed E-state index contributed by atoms with van der Waals surface area (Å²) in [5.74, 6) is 0.302. The first-order chi connectivity index (χ1) is 12.6. The third-order valence-electron chi connectivity index (χ3n) is 3.91. The summed E-state index contributed by atoms with van der Waals surface area (Å²) in [6.45, 7) is 3.96. The van der Waals surface area contributed by atoms with Crippen molar-refractivity contribution in [1.82, 2.24) is 10.2 Å². The van der Waals surface area contributed by atoms with Gasteiger partial charge in [-0.1, -0.05) is 6.07 Å². The number of rotatable bonds is 5. The highest BCUT2D eigenvalue weighted by Gasteiger charge is 2.21. The average molecular weight is 405 g/mol. The summed E-state index contributed by atoms with van der Waals surface area (Å²) < 4.78 is 28.8. The van der Waals surface area contributed by atoms with E-state index in [0.717, 1.165) is 40.8 Å². The number of nitro benzene ring substituents is 1. The SMILES string of the molecule is Cc1ccc(-c2nnc(Sc3ccc(S(C)(=O)=O)cc3[N+](=O)[O-])o2)cc1C. The molecule has 0 saturated carbocycles. The second-order valence-corrected chi connectivity index (χ2v) is 8.94. The quantitative estimate of drug-likeness (QED) is 0.464. The lowest BCUT2D eigenvalue weighted by Crippen LogP contribution is -1.99. The van der Waals surface area contributed by atoms with Crippen molar-refractivity contribution in [3.8, 4) is 11.5 Å². The number of aryl methyl sites for hydroxylation is 2. The number of nitrogens with zero attached hydrogens (tertiary/aromatic N) is 3. The largest absolute Gasteiger partial charge is 0.411 e. The lowest BCUT2D eigenvalue weighted by Gasteiger charge is -2.03. The number of sulfone groups is 1. The van der Waals surface area contributed by atoms with Gasteiger partial charge in [0.2, 0.25) is 5.89 Å². The van der Waals surface area contributed by atoms with Crippen molar-refractivity contribution in [3.63, 3.8) is 0 Å². The predicted molar refractivity (Wildman–Crippen MR) is 99.5 cm³/mol. The maximum absolute atomic E-state index is 11.6. The van der Waals surface area contributed by atoms with E-state index in [2.05, 4.69) is 10.2 Å². The van der Waals surface area contributed by atoms with E-state index >= 15 is 0 Å². The smallest absolute Gasteiger partial charge is 0.284 e. The molecule has 3 rings (SSSR count). The number of aromatic nitrogens is 2. The molecular formula is C17H15N3O5S2. The second kappa shape index (κ2) is 7.12. The molecule has 0 bridgehead atoms. The Balaban J connectivity index is 1.93. The van der Waals surface area contributed by atoms with Crippen molar-refractivity contribution in [2.45, 2.75) is 28.9 Å². The Morgan fingerprint density at radius 2 is 1.81 bits per heavy atom. The van der Waals surface area contributed by atoms with Crippen LogP contribution in [0.4, 0.5) is 5.69 Å². The molecule has 3 aromatic rings. The topological polar surface area (TPSA) is 116 Å². The summed E-state index contributed by atoms with van der Waals surface area (Å²) in [6.07, 6.45) is 0.993. The first-order valence-electron chi connectivity index (χ1n) is 7.72. The van der Waals surface area contributed by atoms with Crippen LogP contribution in [0.3, 0.4) is 0 Å². The molecule has 0 unspecified atom stereocenters. The van der Waals surface area contributed by atoms with Gasteiger partial charge < -0.3 is 4.42 Å². The molecule has 1 heterocycles. The summed E-state index contributed by atoms with van der Waals surface area (Å²) in [7, 11) is -3.55. The van der Waals surface area contributed by atoms with Gasteiger partial charge in [-0.05, 0) is 61.0 Å². The van der Waals surface area contributed by atoms with E-state index in [-0.39, 0.29) is 20.7 Å². The third kappa shape index (κ3) is 4.17. The first kappa shape index (κ1) is 19.1. The minimum Gasteiger partial charge on any atom is -0.411 e. The summed E-state index contributed by atoms with van der Waals surface area (Å²) in [5, 5.41) is 19.3. The zero-order valence-electron chi connectivity index (χ0n) is 14.7. The van der Waals surface area contributed by atoms with E-state index in [0.29, 0.717) is 5.89 Å². The van der Waals surface area contributed by atoms with E-state index in [1.165, 1.54) is 12.1 Å². The van der Waals surface area contributed by atoms with Gasteiger partial charge in [-0.25, -0.2) is 8.42 Å². The fourth-order valence-electron chi connectivity index (χ4n) is 2.29. The van der Waals surface area contributed by atoms with Crippen LogP contribution in [-0.4, -0.2) is 29.8 Å². The Morgan fingerprint density at radius 1 is 1.07 bits per heavy atom. The van der Waals surface area contributed by atoms with Crippen LogP contribution in [0.5, 0.6) is 0 Å². The monoisotopic (exact) mass is 405 g/mol. The van der Waals surface area contributed by atoms with E-state index in [1.807, 2.05) is 32.0 Å². The van der Waals surface area contributed by atoms with Crippen LogP contribution in [0.2, 0.25) is 0 Å². The molecule has 0 atom stereocenters. The van der Waals surface area contributed by atoms with Crippen LogP contribution in [0, 0.1) is 24.0 Å². The predicted octanol–water partition coefficient (Wildman–Crippen LogP) is 3.82. The van der Waals surface area contributed by atoms with Gasteiger partial charge in [-0.15, -0.1) is 10.2 Å². The van der Waals surface area contributed by atoms with E-state index in [4.69, 9.17) is 4.42 Å². The normalized spacial score (nSPS) is 11.5. The molecule has 0 N–H and O–H groups in total. The average Bonchev–Trinajstić information content (AvgIpc) is 3.05. The highest BCUT2D eigenvalue weighted by Crippen LogP contribution is 2.36. The van der Waals surface area contributed by atoms with Gasteiger partial charge in [0.15, 0.2) is 9.84 Å². The lowest BCUT2D eigenvalue weighted by atomic mass is 10.1. The molecule has 10 heteroatoms. The molecule has 8 nitrogen and oxygen atoms in total. The second-order valence-electron chi connectivity index (χ2n) is 5.93. The van der Waals surface area contributed by atoms with Crippen LogP contribution in [-0.2, 0) is 9.84 Å². The molecule has 0 aliphatic carbocycles. The number of hydrogen-bond acceptors (Lipinski definition) is 8. The van der Waals surface area contributed by atoms with Crippen molar-refractivity contribution in [3.05, 3.63) is 57.6 Å². The van der Waals surface area contributed by atoms with Crippen LogP contribution in [0.1, 0.15) is 11.1 Å². The fraction of sp³-hybridized carbons (Fsp3) is 0.176. The molecule has 0 spiro atoms. The summed E-state index contributed by atoms with van der Waals surface area (Å²) in [4.78, 5) is 10.8. The van der Waals surface area contributed by atoms with E-state index < -0.39 is 14.8 Å². The maximum Gasteiger partial charge on any atom is 0.284 e. The van der Waals surface area contributed by atoms with E-state index in [9.17, 15) is 18.5 Å². The zero-order chi connectivity index (χ0) is 19.8. The molecule has 1 aromatic heterocycles. The molecule has 0 saturated heterocycles. The van der Waals surface area contributed by atoms with E-state index in [1.54, 1.807) is 0 Å². The Labute approximate surface area is 159 Å². The van der Waals surface area contributed by atoms with Crippen LogP contribution < -0.4 is 0 Å². The molecular weight excluding hydrogens is 390 g/mol. The lowest BCUT2D eigenvalue weighted by molar-refractivity contribution is -0.388. The van der Waals surface area contributed by atoms with Crippen molar-refractivity contribution >= 4 is 27.3 Å². The molecule has 27 heavy (non-hydrogen) atoms. The molecule has 0 amide bonds. The summed E-state index contributed by atoms with van der Waals surface area (Å²) in [5.41, 5.74) is 2.62. The first-order valence-corrected chi connectivity index (χ1v) is 10.4. The van der Waals surface area contributed by atoms with Crippen LogP contribution in [0.25, 0.3) is 11.5 Å².